The number of carbonyl (C=O) groups is 8. The molecule has 0 radical (unpaired) electrons. The summed E-state index contributed by atoms with van der Waals surface area (Å²) >= 11 is 0. The van der Waals surface area contributed by atoms with E-state index in [2.05, 4.69) is 26.6 Å². The van der Waals surface area contributed by atoms with Crippen molar-refractivity contribution in [3.8, 4) is 0 Å². The van der Waals surface area contributed by atoms with E-state index in [0.29, 0.717) is 87.3 Å². The second-order valence-electron chi connectivity index (χ2n) is 18.4. The van der Waals surface area contributed by atoms with Crippen molar-refractivity contribution in [2.45, 2.75) is 108 Å². The van der Waals surface area contributed by atoms with E-state index in [-0.39, 0.29) is 93.1 Å². The van der Waals surface area contributed by atoms with Gasteiger partial charge in [0.1, 0.15) is 6.04 Å². The summed E-state index contributed by atoms with van der Waals surface area (Å²) in [4.78, 5) is 111. The first-order chi connectivity index (χ1) is 34.5. The van der Waals surface area contributed by atoms with E-state index in [1.54, 1.807) is 23.1 Å². The number of rotatable bonds is 22. The summed E-state index contributed by atoms with van der Waals surface area (Å²) in [5, 5.41) is 13.9. The minimum atomic E-state index is -1.34. The van der Waals surface area contributed by atoms with Crippen LogP contribution >= 0.6 is 0 Å². The molecule has 0 aromatic heterocycles. The fourth-order valence-electron chi connectivity index (χ4n) is 9.63. The number of anilines is 1. The van der Waals surface area contributed by atoms with Crippen LogP contribution in [0.4, 0.5) is 5.69 Å². The first-order valence-electron chi connectivity index (χ1n) is 24.6. The SMILES string of the molecule is O=C(CCCCNC(=O)CCCCNC(=O)CN1Cc2ccccc2[C@@H]2OC(c3ccccc3)=N[C@]2(Cc2ccccc2)C1=O)NCCCCC(=O)Nc1cccc2c1CN(C1CCC(=O)NC1=O)C2=O. The highest BCUT2D eigenvalue weighted by atomic mass is 16.5. The molecular weight excluding hydrogens is 905 g/mol. The number of imide groups is 1. The minimum Gasteiger partial charge on any atom is -0.466 e. The summed E-state index contributed by atoms with van der Waals surface area (Å²) < 4.78 is 6.60. The molecule has 4 aliphatic rings. The number of benzene rings is 4. The van der Waals surface area contributed by atoms with Gasteiger partial charge in [0.25, 0.3) is 11.8 Å². The number of hydrogen-bond donors (Lipinski definition) is 5. The predicted octanol–water partition coefficient (Wildman–Crippen LogP) is 4.79. The van der Waals surface area contributed by atoms with Gasteiger partial charge in [0, 0.05) is 92.8 Å². The number of aliphatic imine (C=N–C) groups is 1. The number of ether oxygens (including phenoxy) is 1. The van der Waals surface area contributed by atoms with Crippen molar-refractivity contribution in [2.75, 3.05) is 31.5 Å². The normalized spacial score (nSPS) is 19.1. The molecule has 1 unspecified atom stereocenters. The Kier molecular flexibility index (Phi) is 16.3. The Morgan fingerprint density at radius 1 is 0.676 bits per heavy atom. The van der Waals surface area contributed by atoms with Gasteiger partial charge in [-0.1, -0.05) is 78.9 Å². The van der Waals surface area contributed by atoms with Crippen LogP contribution in [0.2, 0.25) is 0 Å². The van der Waals surface area contributed by atoms with Crippen molar-refractivity contribution in [1.29, 1.82) is 0 Å². The van der Waals surface area contributed by atoms with Gasteiger partial charge in [-0.25, -0.2) is 4.99 Å². The molecular formula is C54H60N8O9. The van der Waals surface area contributed by atoms with Crippen LogP contribution in [0.15, 0.2) is 108 Å². The number of fused-ring (bicyclic) bond motifs is 4. The Hall–Kier alpha value is -7.69. The van der Waals surface area contributed by atoms with Gasteiger partial charge in [-0.3, -0.25) is 43.7 Å². The van der Waals surface area contributed by atoms with E-state index in [1.807, 2.05) is 84.9 Å². The molecule has 4 aromatic carbocycles. The molecule has 1 fully saturated rings. The van der Waals surface area contributed by atoms with Gasteiger partial charge >= 0.3 is 0 Å². The van der Waals surface area contributed by atoms with Crippen LogP contribution in [0.5, 0.6) is 0 Å². The molecule has 4 aliphatic heterocycles. The van der Waals surface area contributed by atoms with Crippen LogP contribution < -0.4 is 26.6 Å². The maximum atomic E-state index is 14.8. The van der Waals surface area contributed by atoms with E-state index < -0.39 is 23.6 Å². The maximum Gasteiger partial charge on any atom is 0.256 e. The molecule has 3 atom stereocenters. The van der Waals surface area contributed by atoms with E-state index in [0.717, 1.165) is 22.3 Å². The zero-order valence-corrected chi connectivity index (χ0v) is 39.7. The standard InChI is InChI=1S/C54H60N8O9/c63-44(56-30-14-11-26-46(65)58-42-23-15-22-40-41(42)34-62(52(40)69)43-27-28-47(66)59-50(43)68)24-9-12-29-55-45(64)25-10-13-31-57-48(67)35-61-33-38-20-7-8-21-39(38)49-54(53(61)70,32-36-16-3-1-4-17-36)60-51(71-49)37-18-5-2-6-19-37/h1-8,15-23,43,49H,9-14,24-35H2,(H,55,64)(H,56,63)(H,57,67)(H,58,65)(H,59,66,68)/t43?,49-,54-/m0/s1. The minimum absolute atomic E-state index is 0.105. The Labute approximate surface area is 412 Å². The largest absolute Gasteiger partial charge is 0.466 e. The van der Waals surface area contributed by atoms with Crippen LogP contribution in [0.25, 0.3) is 0 Å². The first kappa shape index (κ1) is 49.7. The van der Waals surface area contributed by atoms with Crippen molar-refractivity contribution in [3.63, 3.8) is 0 Å². The summed E-state index contributed by atoms with van der Waals surface area (Å²) in [7, 11) is 0. The van der Waals surface area contributed by atoms with E-state index in [4.69, 9.17) is 9.73 Å². The monoisotopic (exact) mass is 964 g/mol. The fraction of sp³-hybridized carbons (Fsp3) is 0.389. The molecule has 17 nitrogen and oxygen atoms in total. The quantitative estimate of drug-likeness (QED) is 0.0539. The molecule has 1 saturated heterocycles. The molecule has 8 rings (SSSR count). The molecule has 5 N–H and O–H groups in total. The van der Waals surface area contributed by atoms with Gasteiger partial charge in [-0.2, -0.15) is 0 Å². The molecule has 0 spiro atoms. The summed E-state index contributed by atoms with van der Waals surface area (Å²) in [5.41, 5.74) is 3.67. The maximum absolute atomic E-state index is 14.8. The third-order valence-corrected chi connectivity index (χ3v) is 13.3. The highest BCUT2D eigenvalue weighted by Gasteiger charge is 2.57. The van der Waals surface area contributed by atoms with Crippen LogP contribution in [0, 0.1) is 0 Å². The Morgan fingerprint density at radius 3 is 1.97 bits per heavy atom. The highest BCUT2D eigenvalue weighted by molar-refractivity contribution is 6.07. The average molecular weight is 965 g/mol. The average Bonchev–Trinajstić information content (AvgIpc) is 3.90. The molecule has 4 aromatic rings. The molecule has 0 bridgehead atoms. The molecule has 17 heteroatoms. The lowest BCUT2D eigenvalue weighted by Gasteiger charge is -2.32. The van der Waals surface area contributed by atoms with Crippen molar-refractivity contribution in [2.24, 2.45) is 4.99 Å². The third kappa shape index (κ3) is 12.2. The number of piperidine rings is 1. The van der Waals surface area contributed by atoms with Gasteiger partial charge < -0.3 is 35.8 Å². The zero-order chi connectivity index (χ0) is 49.7. The lowest BCUT2D eigenvalue weighted by molar-refractivity contribution is -0.143. The summed E-state index contributed by atoms with van der Waals surface area (Å²) in [6.07, 6.45) is 4.31. The van der Waals surface area contributed by atoms with Crippen molar-refractivity contribution < 1.29 is 43.1 Å². The number of carbonyl (C=O) groups excluding carboxylic acids is 8. The lowest BCUT2D eigenvalue weighted by atomic mass is 9.81. The molecule has 4 heterocycles. The van der Waals surface area contributed by atoms with Gasteiger partial charge in [-0.15, -0.1) is 0 Å². The molecule has 71 heavy (non-hydrogen) atoms. The number of unbranched alkanes of at least 4 members (excludes halogenated alkanes) is 3. The second-order valence-corrected chi connectivity index (χ2v) is 18.4. The summed E-state index contributed by atoms with van der Waals surface area (Å²) in [6, 6.07) is 31.4. The van der Waals surface area contributed by atoms with Crippen LogP contribution in [0.3, 0.4) is 0 Å². The highest BCUT2D eigenvalue weighted by Crippen LogP contribution is 2.46. The molecule has 0 saturated carbocycles. The third-order valence-electron chi connectivity index (χ3n) is 13.3. The van der Waals surface area contributed by atoms with Crippen LogP contribution in [-0.4, -0.2) is 101 Å². The van der Waals surface area contributed by atoms with Gasteiger partial charge in [0.2, 0.25) is 41.3 Å². The first-order valence-corrected chi connectivity index (χ1v) is 24.6. The number of nitrogens with one attached hydrogen (secondary N) is 5. The summed E-state index contributed by atoms with van der Waals surface area (Å²) in [5.74, 6) is -1.80. The van der Waals surface area contributed by atoms with Gasteiger partial charge in [0.05, 0.1) is 6.54 Å². The number of nitrogens with zero attached hydrogens (tertiary/aromatic N) is 3. The lowest BCUT2D eigenvalue weighted by Crippen LogP contribution is -2.52. The van der Waals surface area contributed by atoms with E-state index >= 15 is 0 Å². The van der Waals surface area contributed by atoms with Crippen molar-refractivity contribution in [3.05, 3.63) is 137 Å². The van der Waals surface area contributed by atoms with Crippen molar-refractivity contribution in [1.82, 2.24) is 31.1 Å². The second kappa shape index (κ2) is 23.3. The van der Waals surface area contributed by atoms with Crippen LogP contribution in [-0.2, 0) is 57.8 Å². The smallest absolute Gasteiger partial charge is 0.256 e. The van der Waals surface area contributed by atoms with Crippen LogP contribution in [0.1, 0.15) is 115 Å². The van der Waals surface area contributed by atoms with Gasteiger partial charge in [-0.05, 0) is 80.3 Å². The van der Waals surface area contributed by atoms with E-state index in [9.17, 15) is 38.4 Å². The topological polar surface area (TPSA) is 225 Å². The Balaban J connectivity index is 0.691. The fourth-order valence-corrected chi connectivity index (χ4v) is 9.63. The predicted molar refractivity (Wildman–Crippen MR) is 263 cm³/mol. The summed E-state index contributed by atoms with van der Waals surface area (Å²) in [6.45, 7) is 1.42. The molecule has 8 amide bonds. The Morgan fingerprint density at radius 2 is 1.30 bits per heavy atom. The molecule has 0 aliphatic carbocycles. The number of hydrogen-bond acceptors (Lipinski definition) is 10. The Bertz CT molecular complexity index is 2680. The molecule has 370 valence electrons. The zero-order valence-electron chi connectivity index (χ0n) is 39.7. The van der Waals surface area contributed by atoms with Crippen molar-refractivity contribution >= 4 is 58.8 Å². The van der Waals surface area contributed by atoms with Gasteiger partial charge in [0.15, 0.2) is 11.6 Å². The number of amides is 8. The van der Waals surface area contributed by atoms with E-state index in [1.165, 1.54) is 4.90 Å².